The number of rotatable bonds is 4. The number of amides is 1. The number of hydrogen-bond donors (Lipinski definition) is 1. The van der Waals surface area contributed by atoms with Crippen molar-refractivity contribution in [2.75, 3.05) is 39.3 Å². The van der Waals surface area contributed by atoms with Gasteiger partial charge in [-0.15, -0.1) is 24.0 Å². The average molecular weight is 436 g/mol. The van der Waals surface area contributed by atoms with Crippen LogP contribution in [0.3, 0.4) is 0 Å². The molecule has 0 saturated carbocycles. The molecular formula is C14H25IN6O2. The Labute approximate surface area is 153 Å². The molecule has 0 atom stereocenters. The van der Waals surface area contributed by atoms with Crippen molar-refractivity contribution in [1.29, 1.82) is 0 Å². The monoisotopic (exact) mass is 436 g/mol. The second-order valence-electron chi connectivity index (χ2n) is 5.21. The summed E-state index contributed by atoms with van der Waals surface area (Å²) < 4.78 is 5.08. The summed E-state index contributed by atoms with van der Waals surface area (Å²) in [6, 6.07) is 0. The smallest absolute Gasteiger partial charge is 0.228 e. The lowest BCUT2D eigenvalue weighted by atomic mass is 10.3. The Morgan fingerprint density at radius 3 is 2.48 bits per heavy atom. The Bertz CT molecular complexity index is 525. The normalized spacial score (nSPS) is 15.3. The summed E-state index contributed by atoms with van der Waals surface area (Å²) in [4.78, 5) is 24.2. The number of nitrogens with zero attached hydrogens (tertiary/aromatic N) is 5. The lowest BCUT2D eigenvalue weighted by molar-refractivity contribution is -0.130. The molecule has 1 aliphatic heterocycles. The Hall–Kier alpha value is -1.39. The van der Waals surface area contributed by atoms with Crippen LogP contribution in [0.5, 0.6) is 0 Å². The van der Waals surface area contributed by atoms with Crippen molar-refractivity contribution in [3.8, 4) is 0 Å². The molecule has 1 aromatic heterocycles. The average Bonchev–Trinajstić information content (AvgIpc) is 2.92. The number of aliphatic imine (C=N–C) groups is 1. The maximum atomic E-state index is 11.4. The van der Waals surface area contributed by atoms with Crippen molar-refractivity contribution >= 4 is 35.8 Å². The molecule has 1 amide bonds. The molecule has 0 unspecified atom stereocenters. The molecule has 0 radical (unpaired) electrons. The first kappa shape index (κ1) is 19.7. The van der Waals surface area contributed by atoms with Crippen LogP contribution in [0.15, 0.2) is 9.52 Å². The van der Waals surface area contributed by atoms with E-state index in [0.29, 0.717) is 24.7 Å². The predicted octanol–water partition coefficient (Wildman–Crippen LogP) is 0.668. The van der Waals surface area contributed by atoms with Crippen molar-refractivity contribution in [2.24, 2.45) is 4.99 Å². The van der Waals surface area contributed by atoms with Crippen molar-refractivity contribution < 1.29 is 9.32 Å². The maximum absolute atomic E-state index is 11.4. The van der Waals surface area contributed by atoms with Crippen LogP contribution in [-0.4, -0.2) is 71.1 Å². The number of carbonyl (C=O) groups is 1. The maximum Gasteiger partial charge on any atom is 0.228 e. The number of halogens is 1. The summed E-state index contributed by atoms with van der Waals surface area (Å²) in [5.41, 5.74) is 0. The zero-order chi connectivity index (χ0) is 15.9. The van der Waals surface area contributed by atoms with Crippen LogP contribution in [-0.2, 0) is 11.2 Å². The number of aryl methyl sites for hydroxylation is 1. The fourth-order valence-electron chi connectivity index (χ4n) is 2.36. The molecule has 1 N–H and O–H groups in total. The lowest BCUT2D eigenvalue weighted by Gasteiger charge is -2.36. The fourth-order valence-corrected chi connectivity index (χ4v) is 2.36. The van der Waals surface area contributed by atoms with E-state index in [-0.39, 0.29) is 29.9 Å². The van der Waals surface area contributed by atoms with Crippen molar-refractivity contribution in [3.63, 3.8) is 0 Å². The van der Waals surface area contributed by atoms with E-state index in [9.17, 15) is 4.79 Å². The van der Waals surface area contributed by atoms with Gasteiger partial charge in [0.1, 0.15) is 0 Å². The molecule has 130 valence electrons. The van der Waals surface area contributed by atoms with Gasteiger partial charge in [-0.05, 0) is 13.8 Å². The molecular weight excluding hydrogens is 411 g/mol. The van der Waals surface area contributed by atoms with E-state index in [1.54, 1.807) is 13.8 Å². The van der Waals surface area contributed by atoms with Gasteiger partial charge in [0.2, 0.25) is 11.8 Å². The molecule has 8 nitrogen and oxygen atoms in total. The van der Waals surface area contributed by atoms with Crippen molar-refractivity contribution in [3.05, 3.63) is 11.7 Å². The molecule has 0 spiro atoms. The van der Waals surface area contributed by atoms with E-state index in [2.05, 4.69) is 25.3 Å². The predicted molar refractivity (Wildman–Crippen MR) is 98.0 cm³/mol. The highest BCUT2D eigenvalue weighted by Crippen LogP contribution is 2.03. The van der Waals surface area contributed by atoms with E-state index >= 15 is 0 Å². The number of carbonyl (C=O) groups excluding carboxylic acids is 1. The molecule has 2 heterocycles. The third kappa shape index (κ3) is 5.96. The number of piperazine rings is 1. The van der Waals surface area contributed by atoms with E-state index in [0.717, 1.165) is 38.7 Å². The van der Waals surface area contributed by atoms with Crippen molar-refractivity contribution in [1.82, 2.24) is 25.3 Å². The molecule has 0 aromatic carbocycles. The first-order valence-corrected chi connectivity index (χ1v) is 7.68. The third-order valence-electron chi connectivity index (χ3n) is 3.52. The second-order valence-corrected chi connectivity index (χ2v) is 5.21. The SMILES string of the molecule is CCNC(=NCCc1nc(C)no1)N1CCN(C(C)=O)CC1.I. The Morgan fingerprint density at radius 1 is 1.30 bits per heavy atom. The van der Waals surface area contributed by atoms with E-state index in [1.807, 2.05) is 11.8 Å². The van der Waals surface area contributed by atoms with E-state index in [1.165, 1.54) is 0 Å². The minimum atomic E-state index is 0. The van der Waals surface area contributed by atoms with Crippen LogP contribution in [0, 0.1) is 6.92 Å². The van der Waals surface area contributed by atoms with Crippen LogP contribution >= 0.6 is 24.0 Å². The molecule has 0 aliphatic carbocycles. The highest BCUT2D eigenvalue weighted by Gasteiger charge is 2.20. The number of aromatic nitrogens is 2. The van der Waals surface area contributed by atoms with Gasteiger partial charge in [0.05, 0.1) is 6.54 Å². The van der Waals surface area contributed by atoms with Crippen LogP contribution in [0.25, 0.3) is 0 Å². The molecule has 1 fully saturated rings. The second kappa shape index (κ2) is 9.68. The van der Waals surface area contributed by atoms with Gasteiger partial charge in [-0.25, -0.2) is 0 Å². The lowest BCUT2D eigenvalue weighted by Crippen LogP contribution is -2.53. The summed E-state index contributed by atoms with van der Waals surface area (Å²) in [5.74, 6) is 2.26. The highest BCUT2D eigenvalue weighted by atomic mass is 127. The number of nitrogens with one attached hydrogen (secondary N) is 1. The fraction of sp³-hybridized carbons (Fsp3) is 0.714. The highest BCUT2D eigenvalue weighted by molar-refractivity contribution is 14.0. The molecule has 1 aromatic rings. The zero-order valence-electron chi connectivity index (χ0n) is 13.9. The van der Waals surface area contributed by atoms with Gasteiger partial charge in [-0.2, -0.15) is 4.98 Å². The minimum Gasteiger partial charge on any atom is -0.357 e. The molecule has 1 aliphatic rings. The first-order valence-electron chi connectivity index (χ1n) is 7.68. The van der Waals surface area contributed by atoms with Gasteiger partial charge in [-0.1, -0.05) is 5.16 Å². The topological polar surface area (TPSA) is 86.9 Å². The summed E-state index contributed by atoms with van der Waals surface area (Å²) in [6.45, 7) is 9.93. The molecule has 23 heavy (non-hydrogen) atoms. The quantitative estimate of drug-likeness (QED) is 0.424. The van der Waals surface area contributed by atoms with Gasteiger partial charge in [0.25, 0.3) is 0 Å². The zero-order valence-corrected chi connectivity index (χ0v) is 16.2. The van der Waals surface area contributed by atoms with Crippen molar-refractivity contribution in [2.45, 2.75) is 27.2 Å². The Kier molecular flexibility index (Phi) is 8.28. The van der Waals surface area contributed by atoms with Crippen LogP contribution in [0.2, 0.25) is 0 Å². The van der Waals surface area contributed by atoms with Crippen LogP contribution in [0.1, 0.15) is 25.6 Å². The number of hydrogen-bond acceptors (Lipinski definition) is 5. The number of guanidine groups is 1. The molecule has 2 rings (SSSR count). The molecule has 9 heteroatoms. The summed E-state index contributed by atoms with van der Waals surface area (Å²) in [7, 11) is 0. The standard InChI is InChI=1S/C14H24N6O2.HI/c1-4-15-14(16-6-5-13-17-11(2)18-22-13)20-9-7-19(8-10-20)12(3)21;/h4-10H2,1-3H3,(H,15,16);1H. The Morgan fingerprint density at radius 2 is 1.96 bits per heavy atom. The van der Waals surface area contributed by atoms with Gasteiger partial charge in [-0.3, -0.25) is 9.79 Å². The molecule has 1 saturated heterocycles. The minimum absolute atomic E-state index is 0. The van der Waals surface area contributed by atoms with Gasteiger partial charge in [0.15, 0.2) is 11.8 Å². The summed E-state index contributed by atoms with van der Waals surface area (Å²) in [6.07, 6.45) is 0.628. The van der Waals surface area contributed by atoms with Gasteiger partial charge in [0, 0.05) is 46.1 Å². The summed E-state index contributed by atoms with van der Waals surface area (Å²) >= 11 is 0. The third-order valence-corrected chi connectivity index (χ3v) is 3.52. The van der Waals surface area contributed by atoms with Gasteiger partial charge >= 0.3 is 0 Å². The van der Waals surface area contributed by atoms with Crippen LogP contribution in [0.4, 0.5) is 0 Å². The van der Waals surface area contributed by atoms with Gasteiger partial charge < -0.3 is 19.6 Å². The molecule has 0 bridgehead atoms. The first-order chi connectivity index (χ1) is 10.6. The van der Waals surface area contributed by atoms with Crippen LogP contribution < -0.4 is 5.32 Å². The van der Waals surface area contributed by atoms with E-state index < -0.39 is 0 Å². The summed E-state index contributed by atoms with van der Waals surface area (Å²) in [5, 5.41) is 7.06. The largest absolute Gasteiger partial charge is 0.357 e. The van der Waals surface area contributed by atoms with E-state index in [4.69, 9.17) is 4.52 Å². The Balaban J connectivity index is 0.00000264.